The average molecular weight is 427 g/mol. The Morgan fingerprint density at radius 2 is 2.12 bits per heavy atom. The monoisotopic (exact) mass is 426 g/mol. The smallest absolute Gasteiger partial charge is 0.325 e. The summed E-state index contributed by atoms with van der Waals surface area (Å²) in [5.74, 6) is -0.922. The van der Waals surface area contributed by atoms with Crippen LogP contribution in [0.3, 0.4) is 0 Å². The van der Waals surface area contributed by atoms with Crippen LogP contribution in [0.15, 0.2) is 40.7 Å². The molecule has 0 fully saturated rings. The van der Waals surface area contributed by atoms with Crippen LogP contribution in [0.25, 0.3) is 16.3 Å². The number of thiazole rings is 1. The summed E-state index contributed by atoms with van der Waals surface area (Å²) in [6, 6.07) is 7.22. The third-order valence-electron chi connectivity index (χ3n) is 3.39. The van der Waals surface area contributed by atoms with Gasteiger partial charge in [0.15, 0.2) is 4.80 Å². The first-order chi connectivity index (χ1) is 12.5. The fourth-order valence-electron chi connectivity index (χ4n) is 2.20. The fourth-order valence-corrected chi connectivity index (χ4v) is 4.34. The van der Waals surface area contributed by atoms with Crippen LogP contribution >= 0.6 is 45.9 Å². The molecular formula is C17H12Cl2N2O3S2. The lowest BCUT2D eigenvalue weighted by molar-refractivity contribution is -0.141. The Morgan fingerprint density at radius 1 is 1.31 bits per heavy atom. The molecule has 1 amide bonds. The summed E-state index contributed by atoms with van der Waals surface area (Å²) >= 11 is 15.1. The van der Waals surface area contributed by atoms with Gasteiger partial charge in [-0.05, 0) is 29.7 Å². The molecule has 3 rings (SSSR count). The highest BCUT2D eigenvalue weighted by Crippen LogP contribution is 2.32. The van der Waals surface area contributed by atoms with Crippen LogP contribution in [-0.2, 0) is 20.9 Å². The van der Waals surface area contributed by atoms with E-state index < -0.39 is 11.9 Å². The number of nitrogens with zero attached hydrogens (tertiary/aromatic N) is 2. The highest BCUT2D eigenvalue weighted by Gasteiger charge is 2.15. The minimum absolute atomic E-state index is 0.128. The van der Waals surface area contributed by atoms with Crippen molar-refractivity contribution in [2.24, 2.45) is 4.99 Å². The van der Waals surface area contributed by atoms with Crippen LogP contribution in [0, 0.1) is 0 Å². The summed E-state index contributed by atoms with van der Waals surface area (Å²) in [4.78, 5) is 29.4. The zero-order valence-corrected chi connectivity index (χ0v) is 16.6. The van der Waals surface area contributed by atoms with E-state index in [1.165, 1.54) is 40.4 Å². The molecule has 0 aliphatic heterocycles. The van der Waals surface area contributed by atoms with Gasteiger partial charge in [-0.2, -0.15) is 4.99 Å². The van der Waals surface area contributed by atoms with Gasteiger partial charge in [-0.15, -0.1) is 11.3 Å². The molecule has 0 radical (unpaired) electrons. The first kappa shape index (κ1) is 18.8. The van der Waals surface area contributed by atoms with Gasteiger partial charge in [0.2, 0.25) is 0 Å². The van der Waals surface area contributed by atoms with Crippen LogP contribution in [0.2, 0.25) is 10.0 Å². The zero-order chi connectivity index (χ0) is 18.7. The molecule has 0 spiro atoms. The number of hydrogen-bond acceptors (Lipinski definition) is 5. The van der Waals surface area contributed by atoms with Gasteiger partial charge in [0.05, 0.1) is 27.4 Å². The number of hydrogen-bond donors (Lipinski definition) is 0. The number of benzene rings is 1. The number of rotatable bonds is 4. The SMILES string of the molecule is COC(=O)Cn1c(=NC(=O)C=Cc2cccs2)sc2ccc(Cl)c(Cl)c21. The lowest BCUT2D eigenvalue weighted by Gasteiger charge is -2.05. The summed E-state index contributed by atoms with van der Waals surface area (Å²) in [5.41, 5.74) is 0.545. The highest BCUT2D eigenvalue weighted by atomic mass is 35.5. The van der Waals surface area contributed by atoms with Gasteiger partial charge in [0.1, 0.15) is 6.54 Å². The van der Waals surface area contributed by atoms with Crippen LogP contribution in [0.1, 0.15) is 4.88 Å². The first-order valence-electron chi connectivity index (χ1n) is 7.34. The second kappa shape index (κ2) is 8.18. The largest absolute Gasteiger partial charge is 0.468 e. The van der Waals surface area contributed by atoms with E-state index in [2.05, 4.69) is 4.99 Å². The standard InChI is InChI=1S/C17H12Cl2N2O3S2/c1-24-14(23)9-21-16-12(6-5-11(18)15(16)19)26-17(21)20-13(22)7-4-10-3-2-8-25-10/h2-8H,9H2,1H3. The Kier molecular flexibility index (Phi) is 5.93. The molecule has 9 heteroatoms. The van der Waals surface area contributed by atoms with Crippen molar-refractivity contribution in [2.45, 2.75) is 6.54 Å². The summed E-state index contributed by atoms with van der Waals surface area (Å²) in [6.45, 7) is -0.128. The minimum Gasteiger partial charge on any atom is -0.468 e. The molecule has 0 bridgehead atoms. The van der Waals surface area contributed by atoms with Crippen molar-refractivity contribution in [3.8, 4) is 0 Å². The maximum absolute atomic E-state index is 12.2. The van der Waals surface area contributed by atoms with Crippen molar-refractivity contribution < 1.29 is 14.3 Å². The highest BCUT2D eigenvalue weighted by molar-refractivity contribution is 7.16. The lowest BCUT2D eigenvalue weighted by Crippen LogP contribution is -2.22. The van der Waals surface area contributed by atoms with E-state index in [1.807, 2.05) is 17.5 Å². The number of methoxy groups -OCH3 is 1. The van der Waals surface area contributed by atoms with Crippen molar-refractivity contribution in [2.75, 3.05) is 7.11 Å². The van der Waals surface area contributed by atoms with Gasteiger partial charge < -0.3 is 9.30 Å². The van der Waals surface area contributed by atoms with Gasteiger partial charge in [-0.25, -0.2) is 0 Å². The minimum atomic E-state index is -0.483. The lowest BCUT2D eigenvalue weighted by atomic mass is 10.3. The predicted molar refractivity (Wildman–Crippen MR) is 106 cm³/mol. The molecule has 0 N–H and O–H groups in total. The summed E-state index contributed by atoms with van der Waals surface area (Å²) in [6.07, 6.45) is 3.08. The normalized spacial score (nSPS) is 12.2. The van der Waals surface area contributed by atoms with Crippen molar-refractivity contribution in [1.82, 2.24) is 4.57 Å². The summed E-state index contributed by atoms with van der Waals surface area (Å²) < 4.78 is 7.03. The van der Waals surface area contributed by atoms with Crippen molar-refractivity contribution in [3.63, 3.8) is 0 Å². The third kappa shape index (κ3) is 4.07. The van der Waals surface area contributed by atoms with E-state index >= 15 is 0 Å². The van der Waals surface area contributed by atoms with Gasteiger partial charge in [-0.3, -0.25) is 9.59 Å². The molecule has 2 heterocycles. The molecule has 0 unspecified atom stereocenters. The molecule has 2 aromatic heterocycles. The second-order valence-electron chi connectivity index (χ2n) is 5.05. The third-order valence-corrected chi connectivity index (χ3v) is 6.06. The summed E-state index contributed by atoms with van der Waals surface area (Å²) in [5, 5.41) is 2.57. The van der Waals surface area contributed by atoms with Crippen LogP contribution in [0.5, 0.6) is 0 Å². The number of amides is 1. The Labute approximate surface area is 166 Å². The van der Waals surface area contributed by atoms with Crippen molar-refractivity contribution >= 4 is 74.0 Å². The van der Waals surface area contributed by atoms with Crippen molar-refractivity contribution in [1.29, 1.82) is 0 Å². The van der Waals surface area contributed by atoms with E-state index in [0.717, 1.165) is 9.58 Å². The average Bonchev–Trinajstić information content (AvgIpc) is 3.25. The molecule has 5 nitrogen and oxygen atoms in total. The Bertz CT molecular complexity index is 1070. The fraction of sp³-hybridized carbons (Fsp3) is 0.118. The predicted octanol–water partition coefficient (Wildman–Crippen LogP) is 4.38. The number of thiophene rings is 1. The topological polar surface area (TPSA) is 60.7 Å². The zero-order valence-electron chi connectivity index (χ0n) is 13.4. The van der Waals surface area contributed by atoms with Gasteiger partial charge >= 0.3 is 5.97 Å². The van der Waals surface area contributed by atoms with Gasteiger partial charge in [-0.1, -0.05) is 40.6 Å². The van der Waals surface area contributed by atoms with E-state index in [9.17, 15) is 9.59 Å². The number of esters is 1. The summed E-state index contributed by atoms with van der Waals surface area (Å²) in [7, 11) is 1.29. The number of halogens is 2. The quantitative estimate of drug-likeness (QED) is 0.459. The van der Waals surface area contributed by atoms with E-state index in [1.54, 1.807) is 18.2 Å². The Balaban J connectivity index is 2.09. The van der Waals surface area contributed by atoms with Crippen LogP contribution < -0.4 is 4.80 Å². The number of carbonyl (C=O) groups is 2. The molecule has 0 saturated heterocycles. The van der Waals surface area contributed by atoms with E-state index in [0.29, 0.717) is 20.4 Å². The van der Waals surface area contributed by atoms with E-state index in [4.69, 9.17) is 27.9 Å². The van der Waals surface area contributed by atoms with Gasteiger partial charge in [0, 0.05) is 11.0 Å². The Morgan fingerprint density at radius 3 is 2.81 bits per heavy atom. The van der Waals surface area contributed by atoms with E-state index in [-0.39, 0.29) is 6.54 Å². The van der Waals surface area contributed by atoms with Crippen LogP contribution in [0.4, 0.5) is 0 Å². The van der Waals surface area contributed by atoms with Crippen LogP contribution in [-0.4, -0.2) is 23.6 Å². The number of aromatic nitrogens is 1. The molecular weight excluding hydrogens is 415 g/mol. The van der Waals surface area contributed by atoms with Gasteiger partial charge in [0.25, 0.3) is 5.91 Å². The Hall–Kier alpha value is -1.93. The van der Waals surface area contributed by atoms with Crippen molar-refractivity contribution in [3.05, 3.63) is 55.4 Å². The maximum atomic E-state index is 12.2. The molecule has 134 valence electrons. The molecule has 1 aromatic carbocycles. The number of fused-ring (bicyclic) bond motifs is 1. The number of carbonyl (C=O) groups excluding carboxylic acids is 2. The molecule has 0 saturated carbocycles. The first-order valence-corrected chi connectivity index (χ1v) is 9.79. The second-order valence-corrected chi connectivity index (χ2v) is 7.83. The maximum Gasteiger partial charge on any atom is 0.325 e. The molecule has 0 aliphatic carbocycles. The molecule has 3 aromatic rings. The molecule has 26 heavy (non-hydrogen) atoms. The molecule has 0 aliphatic rings. The number of ether oxygens (including phenoxy) is 1. The molecule has 0 atom stereocenters.